The average Bonchev–Trinajstić information content (AvgIpc) is 1.76. The highest BCUT2D eigenvalue weighted by Crippen LogP contribution is 2.21. The molecule has 0 aliphatic heterocycles. The van der Waals surface area contributed by atoms with E-state index >= 15 is 0 Å². The Labute approximate surface area is 886 Å². The molecule has 0 N–H and O–H groups in total. The fraction of sp³-hybridized carbons (Fsp3) is 0.867. The maximum Gasteiger partial charge on any atom is 0.0827 e. The zero-order valence-corrected chi connectivity index (χ0v) is 100. The molecule has 8 heterocycles. The molecule has 0 aromatic carbocycles. The molecule has 24 nitrogen and oxygen atoms in total. The van der Waals surface area contributed by atoms with Gasteiger partial charge in [0, 0.05) is 89.5 Å². The molecule has 0 bridgehead atoms. The smallest absolute Gasteiger partial charge is 0.0827 e. The summed E-state index contributed by atoms with van der Waals surface area (Å²) in [6, 6.07) is 0. The van der Waals surface area contributed by atoms with Crippen LogP contribution in [-0.4, -0.2) is 120 Å². The Morgan fingerprint density at radius 1 is 0.167 bits per heavy atom. The van der Waals surface area contributed by atoms with E-state index in [-0.39, 0.29) is 0 Å². The third-order valence-corrected chi connectivity index (χ3v) is 25.8. The van der Waals surface area contributed by atoms with Crippen molar-refractivity contribution in [2.24, 2.45) is 94.7 Å². The van der Waals surface area contributed by atoms with Crippen molar-refractivity contribution in [1.29, 1.82) is 0 Å². The molecule has 0 saturated carbocycles. The van der Waals surface area contributed by atoms with Crippen LogP contribution < -0.4 is 0 Å². The monoisotopic (exact) mass is 2010 g/mol. The van der Waals surface area contributed by atoms with Crippen molar-refractivity contribution in [3.05, 3.63) is 95.1 Å². The molecule has 0 radical (unpaired) electrons. The summed E-state index contributed by atoms with van der Waals surface area (Å²) in [6.45, 7) is 80.7. The second-order valence-corrected chi connectivity index (χ2v) is 49.2. The van der Waals surface area contributed by atoms with Crippen LogP contribution >= 0.6 is 0 Å². The van der Waals surface area contributed by atoms with Gasteiger partial charge < -0.3 is 0 Å². The minimum atomic E-state index is 0.635. The second-order valence-electron chi connectivity index (χ2n) is 49.2. The van der Waals surface area contributed by atoms with E-state index in [2.05, 4.69) is 351 Å². The zero-order valence-electron chi connectivity index (χ0n) is 100. The number of hydrogen-bond acceptors (Lipinski definition) is 16. The largest absolute Gasteiger partial charge is 0.252 e. The van der Waals surface area contributed by atoms with E-state index in [1.54, 1.807) is 0 Å². The van der Waals surface area contributed by atoms with E-state index in [1.165, 1.54) is 268 Å². The summed E-state index contributed by atoms with van der Waals surface area (Å²) in [5.74, 6) is 12.5. The predicted molar refractivity (Wildman–Crippen MR) is 612 cm³/mol. The highest BCUT2D eigenvalue weighted by atomic mass is 15.5. The third kappa shape index (κ3) is 83.0. The first kappa shape index (κ1) is 135. The SMILES string of the molecule is CC(C)CCCCCCc1cn(CCC(C)C)nn1.CC(C)CCCCCCn1cc(CCC(C)C)nn1.CC(C)CCCCCc1cn(CC(C)C)nn1.CC(C)CCCCCc1cn(CCCC(C)C)nn1.CC(C)CCCCCn1cc(CCCC(C)C)nn1.CC(C)CCCCc1cn(CCCCC(C)C)nn1.CC(C)CCCCn1nncc1CC(C)C.CC(C)CCCn1nncc1CCC(C)C. The van der Waals surface area contributed by atoms with Crippen molar-refractivity contribution in [3.8, 4) is 0 Å². The number of nitrogens with zero attached hydrogens (tertiary/aromatic N) is 24. The summed E-state index contributed by atoms with van der Waals surface area (Å²) in [5.41, 5.74) is 9.50. The second kappa shape index (κ2) is 86.9. The molecule has 8 aromatic rings. The quantitative estimate of drug-likeness (QED) is 0.0322. The van der Waals surface area contributed by atoms with Gasteiger partial charge in [0.2, 0.25) is 0 Å². The van der Waals surface area contributed by atoms with Crippen molar-refractivity contribution >= 4 is 0 Å². The van der Waals surface area contributed by atoms with Crippen LogP contribution in [0.4, 0.5) is 0 Å². The summed E-state index contributed by atoms with van der Waals surface area (Å²) >= 11 is 0. The lowest BCUT2D eigenvalue weighted by atomic mass is 10.0. The van der Waals surface area contributed by atoms with E-state index in [0.29, 0.717) is 11.8 Å². The Balaban J connectivity index is 0.000000824. The maximum atomic E-state index is 4.26. The first-order valence-corrected chi connectivity index (χ1v) is 59.7. The first-order chi connectivity index (χ1) is 68.6. The summed E-state index contributed by atoms with van der Waals surface area (Å²) < 4.78 is 16.1. The summed E-state index contributed by atoms with van der Waals surface area (Å²) in [4.78, 5) is 0. The molecule has 0 saturated heterocycles. The van der Waals surface area contributed by atoms with E-state index in [4.69, 9.17) is 0 Å². The van der Waals surface area contributed by atoms with Crippen LogP contribution in [0.2, 0.25) is 0 Å². The van der Waals surface area contributed by atoms with Crippen LogP contribution in [0.25, 0.3) is 0 Å². The Morgan fingerprint density at radius 2 is 0.389 bits per heavy atom. The first-order valence-electron chi connectivity index (χ1n) is 59.7. The van der Waals surface area contributed by atoms with E-state index in [0.717, 1.165) is 221 Å². The van der Waals surface area contributed by atoms with Crippen molar-refractivity contribution in [3.63, 3.8) is 0 Å². The number of unbranched alkanes of at least 4 members (excludes halogenated alkanes) is 15. The number of rotatable bonds is 72. The van der Waals surface area contributed by atoms with Crippen LogP contribution in [0.15, 0.2) is 49.6 Å². The minimum Gasteiger partial charge on any atom is -0.252 e. The zero-order chi connectivity index (χ0) is 107. The molecule has 0 fully saturated rings. The van der Waals surface area contributed by atoms with Gasteiger partial charge in [-0.3, -0.25) is 28.1 Å². The molecule has 0 amide bonds. The van der Waals surface area contributed by atoms with Gasteiger partial charge in [-0.2, -0.15) is 0 Å². The van der Waals surface area contributed by atoms with Gasteiger partial charge in [-0.1, -0.05) is 417 Å². The fourth-order valence-corrected chi connectivity index (χ4v) is 16.7. The van der Waals surface area contributed by atoms with Crippen LogP contribution in [-0.2, 0) is 104 Å². The highest BCUT2D eigenvalue weighted by molar-refractivity contribution is 4.99. The minimum absolute atomic E-state index is 0.635. The standard InChI is InChI=1S/5C16H31N3.C14H27N3.2C13H25N3/c1-14(2)9-5-6-11-16-13-19(18-17-16)12-8-7-10-15(3)4;1-14(2)9-6-5-7-12-19-13-16(17-18-19)11-8-10-15(3)4;1-14(2)9-6-5-7-11-16-13-19(18-17-16)12-8-10-15(3)4;1-14(2)9-7-5-6-8-12-19-13-16(17-18-19)11-10-15(3)4;1-14(2)9-7-5-6-8-10-16-13-19(18-17-16)12-11-15(3)4;1-12(2)8-6-5-7-9-14-11-17(16-15-14)10-13(3)4;1-11(2)6-5-9-16-13(10-14-15-16)8-7-12(3)4;1-11(2)7-5-6-8-16-13(9-12(3)4)10-14-15-16/h5*13-15H,5-12H2,1-4H3;11-13H,5-10H2,1-4H3;2*10-12H,5-9H2,1-4H3. The molecule has 8 aromatic heterocycles. The Morgan fingerprint density at radius 3 is 0.743 bits per heavy atom. The highest BCUT2D eigenvalue weighted by Gasteiger charge is 2.14. The lowest BCUT2D eigenvalue weighted by molar-refractivity contribution is 0.465. The Bertz CT molecular complexity index is 3900. The molecule has 144 heavy (non-hydrogen) atoms. The number of aryl methyl sites for hydroxylation is 14. The number of aromatic nitrogens is 24. The van der Waals surface area contributed by atoms with Crippen LogP contribution in [0.1, 0.15) is 524 Å². The molecule has 0 unspecified atom stereocenters. The maximum absolute atomic E-state index is 4.26. The van der Waals surface area contributed by atoms with Gasteiger partial charge in [-0.25, -0.2) is 9.36 Å². The summed E-state index contributed by atoms with van der Waals surface area (Å²) in [7, 11) is 0. The molecular formula is C120H232N24. The van der Waals surface area contributed by atoms with Gasteiger partial charge in [0.25, 0.3) is 0 Å². The topological polar surface area (TPSA) is 246 Å². The molecule has 0 aliphatic carbocycles. The summed E-state index contributed by atoms with van der Waals surface area (Å²) in [5, 5.41) is 67.0. The van der Waals surface area contributed by atoms with Crippen LogP contribution in [0, 0.1) is 94.7 Å². The average molecular weight is 2010 g/mol. The molecule has 0 atom stereocenters. The molecule has 8 rings (SSSR count). The van der Waals surface area contributed by atoms with E-state index < -0.39 is 0 Å². The van der Waals surface area contributed by atoms with Gasteiger partial charge >= 0.3 is 0 Å². The normalized spacial score (nSPS) is 11.7. The molecule has 0 spiro atoms. The molecular weight excluding hydrogens is 1780 g/mol. The molecule has 832 valence electrons. The van der Waals surface area contributed by atoms with Crippen molar-refractivity contribution < 1.29 is 0 Å². The van der Waals surface area contributed by atoms with Gasteiger partial charge in [0.15, 0.2) is 0 Å². The lowest BCUT2D eigenvalue weighted by Gasteiger charge is -2.08. The third-order valence-electron chi connectivity index (χ3n) is 25.8. The number of hydrogen-bond donors (Lipinski definition) is 0. The van der Waals surface area contributed by atoms with Crippen molar-refractivity contribution in [2.75, 3.05) is 0 Å². The van der Waals surface area contributed by atoms with Crippen LogP contribution in [0.5, 0.6) is 0 Å². The van der Waals surface area contributed by atoms with Crippen molar-refractivity contribution in [1.82, 2.24) is 120 Å². The Kier molecular flexibility index (Phi) is 81.5. The molecule has 24 heteroatoms. The Hall–Kier alpha value is -6.88. The van der Waals surface area contributed by atoms with Crippen LogP contribution in [0.3, 0.4) is 0 Å². The molecule has 0 aliphatic rings. The van der Waals surface area contributed by atoms with E-state index in [1.807, 2.05) is 40.5 Å². The van der Waals surface area contributed by atoms with Gasteiger partial charge in [-0.15, -0.1) is 40.8 Å². The van der Waals surface area contributed by atoms with Crippen molar-refractivity contribution in [2.45, 2.75) is 582 Å². The fourth-order valence-electron chi connectivity index (χ4n) is 16.7. The van der Waals surface area contributed by atoms with Gasteiger partial charge in [0.1, 0.15) is 0 Å². The summed E-state index contributed by atoms with van der Waals surface area (Å²) in [6.07, 6.45) is 76.8. The van der Waals surface area contributed by atoms with Gasteiger partial charge in [0.05, 0.1) is 57.9 Å². The van der Waals surface area contributed by atoms with Gasteiger partial charge in [-0.05, 0) is 249 Å². The predicted octanol–water partition coefficient (Wildman–Crippen LogP) is 32.7. The lowest BCUT2D eigenvalue weighted by Crippen LogP contribution is -2.08. The van der Waals surface area contributed by atoms with E-state index in [9.17, 15) is 0 Å².